The van der Waals surface area contributed by atoms with Crippen molar-refractivity contribution in [3.63, 3.8) is 0 Å². The van der Waals surface area contributed by atoms with Gasteiger partial charge in [-0.1, -0.05) is 232 Å². The number of hydrogen-bond donors (Lipinski definition) is 0. The molecule has 0 fully saturated rings. The highest BCUT2D eigenvalue weighted by atomic mass is 16.6. The maximum absolute atomic E-state index is 12.8. The van der Waals surface area contributed by atoms with Crippen LogP contribution in [0, 0.1) is 0 Å². The number of allylic oxidation sites excluding steroid dienone is 19. The van der Waals surface area contributed by atoms with Crippen LogP contribution in [0.5, 0.6) is 0 Å². The predicted molar refractivity (Wildman–Crippen MR) is 297 cm³/mol. The minimum atomic E-state index is -0.592. The summed E-state index contributed by atoms with van der Waals surface area (Å²) >= 11 is 0. The molecule has 0 aromatic rings. The molecule has 5 heteroatoms. The molecule has 0 spiro atoms. The largest absolute Gasteiger partial charge is 0.462 e. The van der Waals surface area contributed by atoms with E-state index >= 15 is 0 Å². The highest BCUT2D eigenvalue weighted by molar-refractivity contribution is 5.70. The summed E-state index contributed by atoms with van der Waals surface area (Å²) in [6.07, 6.45) is 80.9. The summed E-state index contributed by atoms with van der Waals surface area (Å²) in [5.41, 5.74) is 0. The van der Waals surface area contributed by atoms with Gasteiger partial charge in [-0.2, -0.15) is 0 Å². The molecule has 68 heavy (non-hydrogen) atoms. The third-order valence-electron chi connectivity index (χ3n) is 11.5. The number of hydrogen-bond acceptors (Lipinski definition) is 5. The van der Waals surface area contributed by atoms with Gasteiger partial charge in [-0.3, -0.25) is 9.59 Å². The lowest BCUT2D eigenvalue weighted by Gasteiger charge is -2.18. The minimum Gasteiger partial charge on any atom is -0.462 e. The quantitative estimate of drug-likeness (QED) is 0.0345. The van der Waals surface area contributed by atoms with Crippen LogP contribution >= 0.6 is 0 Å². The fourth-order valence-electron chi connectivity index (χ4n) is 7.38. The number of unbranched alkanes of at least 4 members (excludes halogenated alkanes) is 19. The molecule has 1 atom stereocenters. The van der Waals surface area contributed by atoms with Crippen molar-refractivity contribution in [2.45, 2.75) is 245 Å². The van der Waals surface area contributed by atoms with E-state index in [9.17, 15) is 9.59 Å². The first-order valence-corrected chi connectivity index (χ1v) is 28.1. The molecule has 0 aliphatic heterocycles. The average Bonchev–Trinajstić information content (AvgIpc) is 3.34. The molecular weight excluding hydrogens is 837 g/mol. The van der Waals surface area contributed by atoms with Crippen LogP contribution in [0.4, 0.5) is 0 Å². The molecule has 0 aliphatic carbocycles. The Morgan fingerprint density at radius 2 is 0.662 bits per heavy atom. The summed E-state index contributed by atoms with van der Waals surface area (Å²) in [5, 5.41) is 0. The third-order valence-corrected chi connectivity index (χ3v) is 11.5. The molecule has 0 aromatic heterocycles. The zero-order valence-corrected chi connectivity index (χ0v) is 44.3. The predicted octanol–water partition coefficient (Wildman–Crippen LogP) is 19.3. The van der Waals surface area contributed by atoms with Gasteiger partial charge < -0.3 is 14.2 Å². The Bertz CT molecular complexity index is 1390. The fourth-order valence-corrected chi connectivity index (χ4v) is 7.38. The van der Waals surface area contributed by atoms with Gasteiger partial charge in [0.1, 0.15) is 6.61 Å². The summed E-state index contributed by atoms with van der Waals surface area (Å²) in [5.74, 6) is -0.457. The van der Waals surface area contributed by atoms with Gasteiger partial charge in [0.15, 0.2) is 6.10 Å². The molecule has 0 bridgehead atoms. The van der Waals surface area contributed by atoms with Crippen LogP contribution in [0.2, 0.25) is 0 Å². The lowest BCUT2D eigenvalue weighted by atomic mass is 10.1. The van der Waals surface area contributed by atoms with E-state index in [-0.39, 0.29) is 25.2 Å². The molecular formula is C63H104O5. The van der Waals surface area contributed by atoms with Crippen molar-refractivity contribution < 1.29 is 23.8 Å². The number of carbonyl (C=O) groups excluding carboxylic acids is 2. The monoisotopic (exact) mass is 941 g/mol. The average molecular weight is 942 g/mol. The first kappa shape index (κ1) is 64.3. The molecule has 5 nitrogen and oxygen atoms in total. The summed E-state index contributed by atoms with van der Waals surface area (Å²) in [7, 11) is 0. The van der Waals surface area contributed by atoms with Gasteiger partial charge in [0.2, 0.25) is 0 Å². The SMILES string of the molecule is CC/C=C\C/C=C\C/C=C\C/C=C\C/C=C\CCOCC(COC(=O)CCCCCCCCCCC/C=C\C/C=C\CCCCC)OC(=O)CCCCCCCCC/C=C\C/C=C\C/C=C\CC. The summed E-state index contributed by atoms with van der Waals surface area (Å²) in [6, 6.07) is 0. The Balaban J connectivity index is 4.40. The Labute approximate surface area is 420 Å². The molecule has 0 N–H and O–H groups in total. The van der Waals surface area contributed by atoms with E-state index in [1.54, 1.807) is 0 Å². The first-order valence-electron chi connectivity index (χ1n) is 28.1. The van der Waals surface area contributed by atoms with E-state index in [1.807, 2.05) is 0 Å². The van der Waals surface area contributed by atoms with Gasteiger partial charge in [0, 0.05) is 12.8 Å². The second kappa shape index (κ2) is 57.6. The van der Waals surface area contributed by atoms with Crippen molar-refractivity contribution in [1.82, 2.24) is 0 Å². The van der Waals surface area contributed by atoms with Crippen molar-refractivity contribution in [3.8, 4) is 0 Å². The van der Waals surface area contributed by atoms with Gasteiger partial charge >= 0.3 is 11.9 Å². The molecule has 0 saturated carbocycles. The molecule has 386 valence electrons. The smallest absolute Gasteiger partial charge is 0.306 e. The van der Waals surface area contributed by atoms with Gasteiger partial charge in [-0.05, 0) is 116 Å². The van der Waals surface area contributed by atoms with Crippen molar-refractivity contribution in [1.29, 1.82) is 0 Å². The normalized spacial score (nSPS) is 13.2. The van der Waals surface area contributed by atoms with Gasteiger partial charge in [-0.25, -0.2) is 0 Å². The first-order chi connectivity index (χ1) is 33.6. The molecule has 0 aromatic carbocycles. The van der Waals surface area contributed by atoms with Crippen molar-refractivity contribution in [2.75, 3.05) is 19.8 Å². The molecule has 0 radical (unpaired) electrons. The maximum Gasteiger partial charge on any atom is 0.306 e. The van der Waals surface area contributed by atoms with Crippen molar-refractivity contribution >= 4 is 11.9 Å². The standard InChI is InChI=1S/C63H104O5/c1-4-7-10-13-16-19-22-25-28-31-32-34-35-38-41-44-47-50-53-56-62(64)67-60-61(59-66-58-55-52-49-46-43-40-37-30-27-24-21-18-15-12-9-6-3)68-63(65)57-54-51-48-45-42-39-36-33-29-26-23-20-17-14-11-8-5-2/h8-9,11-12,16-21,25-30,40,43,49,52,61H,4-7,10,13-15,22-24,31-39,41-42,44-48,50-51,53-60H2,1-3H3/b11-8-,12-9-,19-16-,20-17-,21-18-,28-25-,29-26-,30-27-,43-40-,52-49-. The maximum atomic E-state index is 12.8. The van der Waals surface area contributed by atoms with E-state index < -0.39 is 6.10 Å². The highest BCUT2D eigenvalue weighted by Crippen LogP contribution is 2.14. The van der Waals surface area contributed by atoms with Crippen LogP contribution in [-0.2, 0) is 23.8 Å². The summed E-state index contributed by atoms with van der Waals surface area (Å²) in [6.45, 7) is 7.36. The van der Waals surface area contributed by atoms with Crippen molar-refractivity contribution in [3.05, 3.63) is 122 Å². The van der Waals surface area contributed by atoms with Gasteiger partial charge in [0.25, 0.3) is 0 Å². The highest BCUT2D eigenvalue weighted by Gasteiger charge is 2.17. The third kappa shape index (κ3) is 54.9. The van der Waals surface area contributed by atoms with E-state index in [2.05, 4.69) is 142 Å². The van der Waals surface area contributed by atoms with Crippen molar-refractivity contribution in [2.24, 2.45) is 0 Å². The number of carbonyl (C=O) groups is 2. The summed E-state index contributed by atoms with van der Waals surface area (Å²) < 4.78 is 17.4. The second-order valence-electron chi connectivity index (χ2n) is 18.1. The Morgan fingerprint density at radius 3 is 1.06 bits per heavy atom. The van der Waals surface area contributed by atoms with Crippen LogP contribution in [0.25, 0.3) is 0 Å². The van der Waals surface area contributed by atoms with Crippen LogP contribution in [0.15, 0.2) is 122 Å². The molecule has 0 rings (SSSR count). The molecule has 0 saturated heterocycles. The number of rotatable bonds is 50. The van der Waals surface area contributed by atoms with E-state index in [1.165, 1.54) is 96.3 Å². The minimum absolute atomic E-state index is 0.0424. The zero-order chi connectivity index (χ0) is 49.2. The van der Waals surface area contributed by atoms with E-state index in [4.69, 9.17) is 14.2 Å². The van der Waals surface area contributed by atoms with Gasteiger partial charge in [0.05, 0.1) is 13.2 Å². The van der Waals surface area contributed by atoms with Gasteiger partial charge in [-0.15, -0.1) is 0 Å². The van der Waals surface area contributed by atoms with Crippen LogP contribution < -0.4 is 0 Å². The van der Waals surface area contributed by atoms with E-state index in [0.717, 1.165) is 109 Å². The summed E-state index contributed by atoms with van der Waals surface area (Å²) in [4.78, 5) is 25.5. The van der Waals surface area contributed by atoms with Crippen LogP contribution in [0.1, 0.15) is 239 Å². The zero-order valence-electron chi connectivity index (χ0n) is 44.3. The molecule has 0 amide bonds. The molecule has 1 unspecified atom stereocenters. The topological polar surface area (TPSA) is 61.8 Å². The Kier molecular flexibility index (Phi) is 54.5. The number of esters is 2. The lowest BCUT2D eigenvalue weighted by Crippen LogP contribution is -2.30. The van der Waals surface area contributed by atoms with E-state index in [0.29, 0.717) is 19.4 Å². The Morgan fingerprint density at radius 1 is 0.338 bits per heavy atom. The van der Waals surface area contributed by atoms with Crippen LogP contribution in [0.3, 0.4) is 0 Å². The molecule has 0 aliphatic rings. The number of ether oxygens (including phenoxy) is 3. The molecule has 0 heterocycles. The lowest BCUT2D eigenvalue weighted by molar-refractivity contribution is -0.162. The second-order valence-corrected chi connectivity index (χ2v) is 18.1. The fraction of sp³-hybridized carbons (Fsp3) is 0.651. The Hall–Kier alpha value is -3.70. The van der Waals surface area contributed by atoms with Crippen LogP contribution in [-0.4, -0.2) is 37.9 Å².